The zero-order chi connectivity index (χ0) is 34.2. The molecule has 0 amide bonds. The molecule has 9 nitrogen and oxygen atoms in total. The molecule has 0 spiro atoms. The van der Waals surface area contributed by atoms with Crippen LogP contribution in [-0.4, -0.2) is 88.0 Å². The number of nitrogens with two attached hydrogens (primary N) is 1. The van der Waals surface area contributed by atoms with Crippen LogP contribution < -0.4 is 5.73 Å². The first-order chi connectivity index (χ1) is 21.5. The zero-order valence-electron chi connectivity index (χ0n) is 27.4. The van der Waals surface area contributed by atoms with Gasteiger partial charge in [-0.3, -0.25) is 9.59 Å². The van der Waals surface area contributed by atoms with E-state index in [1.165, 1.54) is 12.2 Å². The Bertz CT molecular complexity index is 1410. The number of fused-ring (bicyclic) bond motifs is 5. The summed E-state index contributed by atoms with van der Waals surface area (Å²) in [5.41, 5.74) is 1.27. The van der Waals surface area contributed by atoms with Crippen LogP contribution in [0.3, 0.4) is 0 Å². The van der Waals surface area contributed by atoms with Crippen molar-refractivity contribution < 1.29 is 38.8 Å². The van der Waals surface area contributed by atoms with Crippen molar-refractivity contribution in [1.82, 2.24) is 4.90 Å². The number of allylic oxidation sites excluding steroid dienone is 4. The molecule has 4 aliphatic rings. The Morgan fingerprint density at radius 3 is 2.48 bits per heavy atom. The van der Waals surface area contributed by atoms with Gasteiger partial charge in [-0.15, -0.1) is 0 Å². The number of nitrogen functional groups attached to an aromatic ring is 1. The number of Topliss-reactive ketones (excluding diaryl/α,β-unsaturated/α-hetero) is 1. The molecule has 46 heavy (non-hydrogen) atoms. The number of esters is 1. The van der Waals surface area contributed by atoms with Crippen molar-refractivity contribution in [3.8, 4) is 0 Å². The summed E-state index contributed by atoms with van der Waals surface area (Å²) in [5.74, 6) is -2.53. The highest BCUT2D eigenvalue weighted by molar-refractivity contribution is 6.33. The third-order valence-electron chi connectivity index (χ3n) is 11.5. The molecule has 0 bridgehead atoms. The summed E-state index contributed by atoms with van der Waals surface area (Å²) in [5, 5.41) is 32.3. The van der Waals surface area contributed by atoms with Crippen LogP contribution in [0.4, 0.5) is 10.1 Å². The number of rotatable bonds is 8. The largest absolute Gasteiger partial charge is 0.461 e. The van der Waals surface area contributed by atoms with Crippen LogP contribution in [0.25, 0.3) is 0 Å². The van der Waals surface area contributed by atoms with Gasteiger partial charge in [0, 0.05) is 29.0 Å². The highest BCUT2D eigenvalue weighted by Gasteiger charge is 2.75. The summed E-state index contributed by atoms with van der Waals surface area (Å²) in [4.78, 5) is 38.3. The minimum absolute atomic E-state index is 0.0676. The van der Waals surface area contributed by atoms with Crippen molar-refractivity contribution in [1.29, 1.82) is 0 Å². The van der Waals surface area contributed by atoms with E-state index >= 15 is 4.39 Å². The number of likely N-dealkylation sites (N-methyl/N-ethyl adjacent to an activating group) is 1. The van der Waals surface area contributed by atoms with Crippen molar-refractivity contribution in [2.75, 3.05) is 38.6 Å². The summed E-state index contributed by atoms with van der Waals surface area (Å²) in [6.07, 6.45) is 4.44. The molecule has 4 aliphatic carbocycles. The molecule has 3 fully saturated rings. The van der Waals surface area contributed by atoms with Crippen LogP contribution in [0.5, 0.6) is 0 Å². The lowest BCUT2D eigenvalue weighted by molar-refractivity contribution is -0.219. The van der Waals surface area contributed by atoms with E-state index in [0.29, 0.717) is 47.7 Å². The number of hydrogen-bond donors (Lipinski definition) is 4. The van der Waals surface area contributed by atoms with Gasteiger partial charge in [-0.1, -0.05) is 50.9 Å². The van der Waals surface area contributed by atoms with Gasteiger partial charge in [-0.05, 0) is 87.9 Å². The molecular weight excluding hydrogens is 615 g/mol. The van der Waals surface area contributed by atoms with Crippen molar-refractivity contribution in [2.24, 2.45) is 28.6 Å². The Morgan fingerprint density at radius 2 is 1.87 bits per heavy atom. The molecule has 5 rings (SSSR count). The molecule has 254 valence electrons. The maximum Gasteiger partial charge on any atom is 0.339 e. The van der Waals surface area contributed by atoms with Gasteiger partial charge >= 0.3 is 5.97 Å². The van der Waals surface area contributed by atoms with Crippen LogP contribution in [0.2, 0.25) is 5.02 Å². The maximum absolute atomic E-state index is 16.9. The van der Waals surface area contributed by atoms with Crippen LogP contribution in [0.1, 0.15) is 70.7 Å². The predicted molar refractivity (Wildman–Crippen MR) is 174 cm³/mol. The highest BCUT2D eigenvalue weighted by Crippen LogP contribution is 2.70. The van der Waals surface area contributed by atoms with E-state index < -0.39 is 58.4 Å². The lowest BCUT2D eigenvalue weighted by Crippen LogP contribution is -2.69. The van der Waals surface area contributed by atoms with E-state index in [-0.39, 0.29) is 18.1 Å². The Morgan fingerprint density at radius 1 is 1.20 bits per heavy atom. The molecule has 1 aromatic rings. The van der Waals surface area contributed by atoms with Gasteiger partial charge < -0.3 is 30.7 Å². The molecule has 0 saturated heterocycles. The van der Waals surface area contributed by atoms with Crippen LogP contribution in [0, 0.1) is 28.6 Å². The van der Waals surface area contributed by atoms with Crippen molar-refractivity contribution >= 4 is 34.8 Å². The minimum atomic E-state index is -1.98. The Labute approximate surface area is 275 Å². The van der Waals surface area contributed by atoms with Crippen molar-refractivity contribution in [3.05, 3.63) is 52.6 Å². The second kappa shape index (κ2) is 13.5. The number of ketones is 2. The molecule has 5 N–H and O–H groups in total. The summed E-state index contributed by atoms with van der Waals surface area (Å²) in [7, 11) is 0. The van der Waals surface area contributed by atoms with E-state index in [0.717, 1.165) is 19.6 Å². The fourth-order valence-electron chi connectivity index (χ4n) is 8.84. The van der Waals surface area contributed by atoms with Gasteiger partial charge in [-0.2, -0.15) is 0 Å². The molecule has 0 radical (unpaired) electrons. The summed E-state index contributed by atoms with van der Waals surface area (Å²) < 4.78 is 22.0. The number of aliphatic hydroxyl groups excluding tert-OH is 2. The smallest absolute Gasteiger partial charge is 0.339 e. The van der Waals surface area contributed by atoms with Gasteiger partial charge in [0.15, 0.2) is 17.2 Å². The van der Waals surface area contributed by atoms with E-state index in [1.807, 2.05) is 0 Å². The average Bonchev–Trinajstić information content (AvgIpc) is 3.21. The fourth-order valence-corrected chi connectivity index (χ4v) is 9.11. The van der Waals surface area contributed by atoms with E-state index in [4.69, 9.17) is 22.1 Å². The third-order valence-corrected chi connectivity index (χ3v) is 11.9. The Kier molecular flexibility index (Phi) is 10.6. The second-order valence-corrected chi connectivity index (χ2v) is 14.1. The SMILES string of the molecule is CCN(CC)CCOC(=O)c1ccc(N)cc1Cl.C[C@@H]1C[C@H]2[C@@H]3CCC4=CC(=O)C=C[C@]4(C)[C@@]3(F)[C@@H](O)C[C@]2(C)[C@@]1(O)C(=O)CO. The van der Waals surface area contributed by atoms with Crippen LogP contribution >= 0.6 is 11.6 Å². The lowest BCUT2D eigenvalue weighted by Gasteiger charge is -2.62. The molecule has 3 saturated carbocycles. The number of aliphatic hydroxyl groups is 3. The highest BCUT2D eigenvalue weighted by atomic mass is 35.5. The molecule has 0 heterocycles. The number of carbonyl (C=O) groups is 3. The minimum Gasteiger partial charge on any atom is -0.461 e. The Balaban J connectivity index is 0.000000232. The zero-order valence-corrected chi connectivity index (χ0v) is 28.1. The van der Waals surface area contributed by atoms with Gasteiger partial charge in [0.2, 0.25) is 0 Å². The van der Waals surface area contributed by atoms with Gasteiger partial charge in [0.1, 0.15) is 18.8 Å². The maximum atomic E-state index is 16.9. The van der Waals surface area contributed by atoms with Crippen LogP contribution in [0.15, 0.2) is 42.0 Å². The topological polar surface area (TPSA) is 150 Å². The van der Waals surface area contributed by atoms with Gasteiger partial charge in [0.25, 0.3) is 0 Å². The summed E-state index contributed by atoms with van der Waals surface area (Å²) >= 11 is 5.93. The number of hydrogen-bond acceptors (Lipinski definition) is 9. The predicted octanol–water partition coefficient (Wildman–Crippen LogP) is 4.32. The van der Waals surface area contributed by atoms with Crippen molar-refractivity contribution in [2.45, 2.75) is 77.7 Å². The number of carbonyl (C=O) groups excluding carboxylic acids is 3. The number of ether oxygens (including phenoxy) is 1. The first-order valence-electron chi connectivity index (χ1n) is 16.2. The molecular formula is C35H48ClFN2O7. The summed E-state index contributed by atoms with van der Waals surface area (Å²) in [6.45, 7) is 11.6. The second-order valence-electron chi connectivity index (χ2n) is 13.7. The van der Waals surface area contributed by atoms with Crippen LogP contribution in [-0.2, 0) is 14.3 Å². The quantitative estimate of drug-likeness (QED) is 0.236. The number of benzene rings is 1. The monoisotopic (exact) mass is 662 g/mol. The molecule has 11 heteroatoms. The number of nitrogens with zero attached hydrogens (tertiary/aromatic N) is 1. The number of anilines is 1. The lowest BCUT2D eigenvalue weighted by atomic mass is 9.44. The molecule has 0 unspecified atom stereocenters. The van der Waals surface area contributed by atoms with Gasteiger partial charge in [0.05, 0.1) is 16.7 Å². The molecule has 0 aromatic heterocycles. The Hall–Kier alpha value is -2.63. The standard InChI is InChI=1S/C22H29FO5.C13H19ClN2O2/c1-12-8-16-15-5-4-13-9-14(25)6-7-19(13,2)21(15,23)17(26)10-20(16,3)22(12,28)18(27)11-24;1-3-16(4-2)7-8-18-13(17)11-6-5-10(15)9-12(11)14/h6-7,9,12,15-17,24,26,28H,4-5,8,10-11H2,1-3H3;5-6,9H,3-4,7-8,15H2,1-2H3/t12-,15+,16+,17+,19+,20+,21+,22+;/m1./s1. The first-order valence-corrected chi connectivity index (χ1v) is 16.5. The fraction of sp³-hybridized carbons (Fsp3) is 0.629. The third kappa shape index (κ3) is 5.74. The molecule has 8 atom stereocenters. The average molecular weight is 663 g/mol. The summed E-state index contributed by atoms with van der Waals surface area (Å²) in [6, 6.07) is 4.76. The number of halogens is 2. The van der Waals surface area contributed by atoms with E-state index in [2.05, 4.69) is 18.7 Å². The number of alkyl halides is 1. The van der Waals surface area contributed by atoms with Crippen molar-refractivity contribution in [3.63, 3.8) is 0 Å². The first kappa shape index (κ1) is 36.2. The van der Waals surface area contributed by atoms with E-state index in [1.54, 1.807) is 45.0 Å². The van der Waals surface area contributed by atoms with E-state index in [9.17, 15) is 29.7 Å². The molecule has 1 aromatic carbocycles. The van der Waals surface area contributed by atoms with Gasteiger partial charge in [-0.25, -0.2) is 9.18 Å². The normalized spacial score (nSPS) is 36.2. The molecule has 0 aliphatic heterocycles.